The van der Waals surface area contributed by atoms with Crippen LogP contribution in [0.25, 0.3) is 117 Å². The third kappa shape index (κ3) is 6.36. The predicted octanol–water partition coefficient (Wildman–Crippen LogP) is 7.12. The normalized spacial score (nSPS) is 11.7. The van der Waals surface area contributed by atoms with Crippen LogP contribution in [0.15, 0.2) is 174 Å². The Morgan fingerprint density at radius 2 is 0.894 bits per heavy atom. The van der Waals surface area contributed by atoms with Gasteiger partial charge in [-0.15, -0.1) is 10.9 Å². The van der Waals surface area contributed by atoms with Crippen molar-refractivity contribution in [2.24, 2.45) is 0 Å². The van der Waals surface area contributed by atoms with Crippen molar-refractivity contribution in [1.29, 1.82) is 0 Å². The zero-order chi connectivity index (χ0) is 44.8. The van der Waals surface area contributed by atoms with Gasteiger partial charge in [-0.2, -0.15) is 0 Å². The minimum atomic E-state index is 0.326. The van der Waals surface area contributed by atoms with Gasteiger partial charge in [-0.3, -0.25) is 0 Å². The van der Waals surface area contributed by atoms with E-state index in [1.807, 2.05) is 71.3 Å². The number of aromatic nitrogens is 4. The number of hydrogen-bond acceptors (Lipinski definition) is 4. The number of nitrogens with zero attached hydrogens (tertiary/aromatic N) is 4. The molecule has 0 aliphatic heterocycles. The molecule has 0 bridgehead atoms. The van der Waals surface area contributed by atoms with Crippen LogP contribution in [-0.4, -0.2) is 66.6 Å². The lowest BCUT2D eigenvalue weighted by molar-refractivity contribution is 0.670. The van der Waals surface area contributed by atoms with Gasteiger partial charge in [-0.1, -0.05) is 167 Å². The second-order valence-electron chi connectivity index (χ2n) is 16.5. The summed E-state index contributed by atoms with van der Waals surface area (Å²) in [7, 11) is 39.9. The van der Waals surface area contributed by atoms with Gasteiger partial charge < -0.3 is 8.98 Å². The molecule has 0 saturated carbocycles. The molecule has 9 aromatic carbocycles. The predicted molar refractivity (Wildman–Crippen MR) is 278 cm³/mol. The fraction of sp³-hybridized carbons (Fsp3) is 0. The Hall–Kier alpha value is -7.76. The summed E-state index contributed by atoms with van der Waals surface area (Å²) in [6.07, 6.45) is 0. The molecule has 11 heteroatoms. The van der Waals surface area contributed by atoms with E-state index in [0.717, 1.165) is 55.4 Å². The van der Waals surface area contributed by atoms with Crippen LogP contribution in [0.5, 0.6) is 0 Å². The molecule has 12 rings (SSSR count). The Bertz CT molecular complexity index is 3870. The lowest BCUT2D eigenvalue weighted by Crippen LogP contribution is -2.33. The molecule has 0 fully saturated rings. The van der Waals surface area contributed by atoms with Crippen molar-refractivity contribution in [2.75, 3.05) is 0 Å². The molecule has 0 aliphatic carbocycles. The summed E-state index contributed by atoms with van der Waals surface area (Å²) in [6, 6.07) is 56.7. The molecular formula is C55H28B6N4O. The lowest BCUT2D eigenvalue weighted by Gasteiger charge is -2.15. The van der Waals surface area contributed by atoms with Gasteiger partial charge in [0.2, 0.25) is 0 Å². The molecule has 3 aromatic heterocycles. The van der Waals surface area contributed by atoms with Crippen molar-refractivity contribution in [3.8, 4) is 62.1 Å². The summed E-state index contributed by atoms with van der Waals surface area (Å²) in [5.74, 6) is 1.62. The zero-order valence-electron chi connectivity index (χ0n) is 35.3. The van der Waals surface area contributed by atoms with Crippen LogP contribution in [0, 0.1) is 0 Å². The average molecular weight is 826 g/mol. The van der Waals surface area contributed by atoms with E-state index >= 15 is 0 Å². The van der Waals surface area contributed by atoms with Crippen LogP contribution >= 0.6 is 0 Å². The zero-order valence-corrected chi connectivity index (χ0v) is 35.3. The van der Waals surface area contributed by atoms with Crippen molar-refractivity contribution >= 4 is 134 Å². The Morgan fingerprint density at radius 1 is 0.379 bits per heavy atom. The summed E-state index contributed by atoms with van der Waals surface area (Å²) < 4.78 is 8.87. The van der Waals surface area contributed by atoms with Gasteiger partial charge in [-0.05, 0) is 62.5 Å². The van der Waals surface area contributed by atoms with Gasteiger partial charge >= 0.3 is 0 Å². The molecule has 12 aromatic rings. The van der Waals surface area contributed by atoms with Gasteiger partial charge in [0.05, 0.1) is 0 Å². The minimum Gasteiger partial charge on any atom is -0.455 e. The van der Waals surface area contributed by atoms with E-state index in [-0.39, 0.29) is 0 Å². The smallest absolute Gasteiger partial charge is 0.164 e. The van der Waals surface area contributed by atoms with Crippen LogP contribution in [0.2, 0.25) is 0 Å². The van der Waals surface area contributed by atoms with Gasteiger partial charge in [-0.25, -0.2) is 15.0 Å². The van der Waals surface area contributed by atoms with Crippen molar-refractivity contribution < 1.29 is 4.42 Å². The maximum Gasteiger partial charge on any atom is 0.164 e. The van der Waals surface area contributed by atoms with Crippen molar-refractivity contribution in [1.82, 2.24) is 19.5 Å². The van der Waals surface area contributed by atoms with E-state index in [0.29, 0.717) is 83.2 Å². The van der Waals surface area contributed by atoms with Gasteiger partial charge in [0.25, 0.3) is 0 Å². The highest BCUT2D eigenvalue weighted by Crippen LogP contribution is 2.41. The largest absolute Gasteiger partial charge is 0.455 e. The molecule has 66 heavy (non-hydrogen) atoms. The Balaban J connectivity index is 1.05. The molecule has 0 atom stereocenters. The molecule has 0 saturated heterocycles. The Morgan fingerprint density at radius 3 is 1.55 bits per heavy atom. The maximum atomic E-state index is 6.88. The fourth-order valence-corrected chi connectivity index (χ4v) is 9.41. The van der Waals surface area contributed by atoms with Crippen LogP contribution in [0.4, 0.5) is 0 Å². The third-order valence-electron chi connectivity index (χ3n) is 12.6. The second-order valence-corrected chi connectivity index (χ2v) is 16.5. The van der Waals surface area contributed by atoms with E-state index < -0.39 is 0 Å². The van der Waals surface area contributed by atoms with Crippen LogP contribution in [-0.2, 0) is 0 Å². The quantitative estimate of drug-likeness (QED) is 0.168. The first-order valence-electron chi connectivity index (χ1n) is 21.4. The first kappa shape index (κ1) is 39.8. The number of benzene rings is 9. The molecule has 292 valence electrons. The molecule has 0 spiro atoms. The van der Waals surface area contributed by atoms with Crippen molar-refractivity contribution in [3.63, 3.8) is 0 Å². The first-order valence-corrected chi connectivity index (χ1v) is 21.4. The van der Waals surface area contributed by atoms with Crippen LogP contribution in [0.3, 0.4) is 0 Å². The van der Waals surface area contributed by atoms with Crippen molar-refractivity contribution in [2.45, 2.75) is 0 Å². The number of fused-ring (bicyclic) bond motifs is 7. The summed E-state index contributed by atoms with van der Waals surface area (Å²) in [6.45, 7) is 0. The summed E-state index contributed by atoms with van der Waals surface area (Å²) in [4.78, 5) is 15.1. The lowest BCUT2D eigenvalue weighted by atomic mass is 9.71. The highest BCUT2D eigenvalue weighted by Gasteiger charge is 2.23. The SMILES string of the molecule is [B]c1cc([B])c2c(c1[B])c1c([B])c([B])cc([B])c1n2-c1cc(-c2ccccc2)c2oc3cc(-c4nc(-c5ccccc5)nc(-c5ccc(-c6cccc7ccccc67)cc5)n4)ccc3c2c1. The number of furan rings is 1. The van der Waals surface area contributed by atoms with Gasteiger partial charge in [0, 0.05) is 49.7 Å². The number of hydrogen-bond donors (Lipinski definition) is 0. The topological polar surface area (TPSA) is 56.7 Å². The van der Waals surface area contributed by atoms with Crippen molar-refractivity contribution in [3.05, 3.63) is 170 Å². The monoisotopic (exact) mass is 826 g/mol. The van der Waals surface area contributed by atoms with E-state index in [9.17, 15) is 0 Å². The summed E-state index contributed by atoms with van der Waals surface area (Å²) >= 11 is 0. The van der Waals surface area contributed by atoms with Crippen LogP contribution < -0.4 is 32.8 Å². The van der Waals surface area contributed by atoms with Crippen LogP contribution in [0.1, 0.15) is 0 Å². The highest BCUT2D eigenvalue weighted by atomic mass is 16.3. The first-order chi connectivity index (χ1) is 32.2. The molecule has 0 aliphatic rings. The summed E-state index contributed by atoms with van der Waals surface area (Å²) in [5.41, 5.74) is 12.0. The Kier molecular flexibility index (Phi) is 9.32. The van der Waals surface area contributed by atoms with E-state index in [1.54, 1.807) is 12.1 Å². The minimum absolute atomic E-state index is 0.326. The maximum absolute atomic E-state index is 6.88. The van der Waals surface area contributed by atoms with E-state index in [4.69, 9.17) is 66.4 Å². The average Bonchev–Trinajstić information content (AvgIpc) is 3.92. The molecule has 3 heterocycles. The molecule has 0 amide bonds. The molecule has 5 nitrogen and oxygen atoms in total. The standard InChI is InChI=1S/C55H28B6N4O/c56-41-27-43(58)50-46(48(41)60)47-49(61)42(57)28-44(59)51(47)65(50)35-25-39(30-10-3-1-4-11-30)52-40(26-35)38-23-22-34(24-45(38)66-52)55-63-53(32-13-5-2-6-14-32)62-54(64-55)33-20-18-31(19-21-33)37-17-9-15-29-12-7-8-16-36(29)37/h1-28H. The molecule has 0 unspecified atom stereocenters. The molecule has 12 radical (unpaired) electrons. The van der Waals surface area contributed by atoms with Gasteiger partial charge in [0.1, 0.15) is 58.2 Å². The third-order valence-corrected chi connectivity index (χ3v) is 12.6. The highest BCUT2D eigenvalue weighted by molar-refractivity contribution is 6.62. The fourth-order valence-electron chi connectivity index (χ4n) is 9.41. The summed E-state index contributed by atoms with van der Waals surface area (Å²) in [5, 5.41) is 5.28. The second kappa shape index (κ2) is 15.5. The molecular weight excluding hydrogens is 798 g/mol. The number of rotatable bonds is 6. The van der Waals surface area contributed by atoms with E-state index in [1.165, 1.54) is 10.8 Å². The molecule has 0 N–H and O–H groups in total. The van der Waals surface area contributed by atoms with E-state index in [2.05, 4.69) is 91.0 Å². The van der Waals surface area contributed by atoms with Gasteiger partial charge in [0.15, 0.2) is 17.5 Å². The Labute approximate surface area is 388 Å².